The molecule has 0 radical (unpaired) electrons. The molecule has 1 aromatic carbocycles. The van der Waals surface area contributed by atoms with Gasteiger partial charge in [-0.05, 0) is 31.5 Å². The number of amides is 1. The highest BCUT2D eigenvalue weighted by atomic mass is 16.1. The number of carbonyl (C=O) groups is 1. The Balaban J connectivity index is 1.57. The second-order valence-electron chi connectivity index (χ2n) is 5.66. The lowest BCUT2D eigenvalue weighted by Gasteiger charge is -2.23. The van der Waals surface area contributed by atoms with Crippen LogP contribution in [-0.2, 0) is 11.2 Å². The van der Waals surface area contributed by atoms with E-state index < -0.39 is 0 Å². The standard InChI is InChI=1S/C17H21N3O/c1-20-10-4-5-14(12-20)19-17(21)9-8-13-11-18-16-7-3-2-6-15(13)16/h2-3,5-7,11,18H,4,8-10,12H2,1H3,(H,19,21). The fraction of sp³-hybridized carbons (Fsp3) is 0.353. The molecule has 21 heavy (non-hydrogen) atoms. The van der Waals surface area contributed by atoms with Crippen LogP contribution in [0, 0.1) is 0 Å². The lowest BCUT2D eigenvalue weighted by Crippen LogP contribution is -2.34. The molecular formula is C17H21N3O. The molecule has 2 N–H and O–H groups in total. The van der Waals surface area contributed by atoms with Gasteiger partial charge in [0.25, 0.3) is 0 Å². The van der Waals surface area contributed by atoms with Crippen LogP contribution in [0.3, 0.4) is 0 Å². The monoisotopic (exact) mass is 283 g/mol. The van der Waals surface area contributed by atoms with E-state index in [1.165, 1.54) is 10.9 Å². The van der Waals surface area contributed by atoms with Gasteiger partial charge in [-0.2, -0.15) is 0 Å². The average Bonchev–Trinajstić information content (AvgIpc) is 2.88. The fourth-order valence-electron chi connectivity index (χ4n) is 2.81. The minimum atomic E-state index is 0.0989. The Morgan fingerprint density at radius 1 is 1.38 bits per heavy atom. The number of nitrogens with zero attached hydrogens (tertiary/aromatic N) is 1. The number of para-hydroxylation sites is 1. The van der Waals surface area contributed by atoms with E-state index in [-0.39, 0.29) is 5.91 Å². The molecule has 0 spiro atoms. The molecule has 1 amide bonds. The SMILES string of the molecule is CN1CCC=C(NC(=O)CCc2c[nH]c3ccccc23)C1. The molecule has 0 saturated carbocycles. The summed E-state index contributed by atoms with van der Waals surface area (Å²) in [5, 5.41) is 4.24. The molecule has 3 rings (SSSR count). The van der Waals surface area contributed by atoms with Gasteiger partial charge >= 0.3 is 0 Å². The number of H-pyrrole nitrogens is 1. The first-order valence-corrected chi connectivity index (χ1v) is 7.45. The Kier molecular flexibility index (Phi) is 4.06. The van der Waals surface area contributed by atoms with Crippen LogP contribution < -0.4 is 5.32 Å². The maximum atomic E-state index is 12.1. The number of carbonyl (C=O) groups excluding carboxylic acids is 1. The number of fused-ring (bicyclic) bond motifs is 1. The van der Waals surface area contributed by atoms with E-state index in [9.17, 15) is 4.79 Å². The molecule has 4 heteroatoms. The first kappa shape index (κ1) is 13.9. The van der Waals surface area contributed by atoms with Crippen molar-refractivity contribution in [3.05, 3.63) is 47.8 Å². The molecule has 0 atom stereocenters. The summed E-state index contributed by atoms with van der Waals surface area (Å²) < 4.78 is 0. The maximum absolute atomic E-state index is 12.1. The van der Waals surface area contributed by atoms with Gasteiger partial charge in [0.15, 0.2) is 0 Å². The smallest absolute Gasteiger partial charge is 0.224 e. The van der Waals surface area contributed by atoms with Crippen LogP contribution in [0.1, 0.15) is 18.4 Å². The van der Waals surface area contributed by atoms with Crippen molar-refractivity contribution < 1.29 is 4.79 Å². The Bertz CT molecular complexity index is 671. The summed E-state index contributed by atoms with van der Waals surface area (Å²) in [6.07, 6.45) is 6.42. The lowest BCUT2D eigenvalue weighted by atomic mass is 10.1. The van der Waals surface area contributed by atoms with E-state index in [1.54, 1.807) is 0 Å². The highest BCUT2D eigenvalue weighted by molar-refractivity contribution is 5.84. The summed E-state index contributed by atoms with van der Waals surface area (Å²) in [5.74, 6) is 0.0989. The van der Waals surface area contributed by atoms with Crippen molar-refractivity contribution in [3.8, 4) is 0 Å². The highest BCUT2D eigenvalue weighted by Crippen LogP contribution is 2.19. The molecule has 4 nitrogen and oxygen atoms in total. The van der Waals surface area contributed by atoms with Crippen LogP contribution in [-0.4, -0.2) is 35.9 Å². The summed E-state index contributed by atoms with van der Waals surface area (Å²) >= 11 is 0. The van der Waals surface area contributed by atoms with Crippen molar-refractivity contribution >= 4 is 16.8 Å². The second-order valence-corrected chi connectivity index (χ2v) is 5.66. The molecule has 0 unspecified atom stereocenters. The minimum Gasteiger partial charge on any atom is -0.361 e. The molecule has 2 heterocycles. The number of likely N-dealkylation sites (N-methyl/N-ethyl adjacent to an activating group) is 1. The zero-order chi connectivity index (χ0) is 14.7. The lowest BCUT2D eigenvalue weighted by molar-refractivity contribution is -0.120. The third-order valence-corrected chi connectivity index (χ3v) is 3.94. The van der Waals surface area contributed by atoms with Gasteiger partial charge < -0.3 is 15.2 Å². The third-order valence-electron chi connectivity index (χ3n) is 3.94. The summed E-state index contributed by atoms with van der Waals surface area (Å²) in [6, 6.07) is 8.20. The molecule has 0 saturated heterocycles. The van der Waals surface area contributed by atoms with Crippen LogP contribution in [0.15, 0.2) is 42.2 Å². The first-order chi connectivity index (χ1) is 10.2. The molecule has 1 aliphatic heterocycles. The topological polar surface area (TPSA) is 48.1 Å². The van der Waals surface area contributed by atoms with Crippen LogP contribution >= 0.6 is 0 Å². The fourth-order valence-corrected chi connectivity index (χ4v) is 2.81. The average molecular weight is 283 g/mol. The van der Waals surface area contributed by atoms with Crippen molar-refractivity contribution in [1.82, 2.24) is 15.2 Å². The third kappa shape index (κ3) is 3.34. The summed E-state index contributed by atoms with van der Waals surface area (Å²) in [5.41, 5.74) is 3.37. The summed E-state index contributed by atoms with van der Waals surface area (Å²) in [4.78, 5) is 17.5. The molecule has 0 aliphatic carbocycles. The number of aromatic nitrogens is 1. The van der Waals surface area contributed by atoms with E-state index in [2.05, 4.69) is 40.5 Å². The Morgan fingerprint density at radius 3 is 3.10 bits per heavy atom. The molecule has 1 aliphatic rings. The maximum Gasteiger partial charge on any atom is 0.224 e. The zero-order valence-electron chi connectivity index (χ0n) is 12.4. The van der Waals surface area contributed by atoms with E-state index >= 15 is 0 Å². The van der Waals surface area contributed by atoms with E-state index in [0.29, 0.717) is 6.42 Å². The normalized spacial score (nSPS) is 16.0. The van der Waals surface area contributed by atoms with Crippen molar-refractivity contribution in [2.75, 3.05) is 20.1 Å². The van der Waals surface area contributed by atoms with Crippen LogP contribution in [0.4, 0.5) is 0 Å². The van der Waals surface area contributed by atoms with Crippen molar-refractivity contribution in [2.45, 2.75) is 19.3 Å². The Labute approximate surface area is 124 Å². The van der Waals surface area contributed by atoms with Gasteiger partial charge in [0, 0.05) is 42.3 Å². The van der Waals surface area contributed by atoms with E-state index in [4.69, 9.17) is 0 Å². The highest BCUT2D eigenvalue weighted by Gasteiger charge is 2.12. The van der Waals surface area contributed by atoms with Gasteiger partial charge in [-0.15, -0.1) is 0 Å². The quantitative estimate of drug-likeness (QED) is 0.905. The Hall–Kier alpha value is -2.07. The number of hydrogen-bond acceptors (Lipinski definition) is 2. The van der Waals surface area contributed by atoms with Gasteiger partial charge in [-0.3, -0.25) is 4.79 Å². The molecule has 0 fully saturated rings. The number of rotatable bonds is 4. The number of hydrogen-bond donors (Lipinski definition) is 2. The van der Waals surface area contributed by atoms with Gasteiger partial charge in [0.05, 0.1) is 0 Å². The summed E-state index contributed by atoms with van der Waals surface area (Å²) in [6.45, 7) is 1.90. The number of nitrogens with one attached hydrogen (secondary N) is 2. The predicted molar refractivity (Wildman–Crippen MR) is 85.0 cm³/mol. The number of aromatic amines is 1. The van der Waals surface area contributed by atoms with Crippen molar-refractivity contribution in [1.29, 1.82) is 0 Å². The molecule has 1 aromatic heterocycles. The van der Waals surface area contributed by atoms with Gasteiger partial charge in [-0.1, -0.05) is 24.3 Å². The van der Waals surface area contributed by atoms with Crippen molar-refractivity contribution in [2.24, 2.45) is 0 Å². The van der Waals surface area contributed by atoms with Crippen LogP contribution in [0.25, 0.3) is 10.9 Å². The van der Waals surface area contributed by atoms with E-state index in [1.807, 2.05) is 18.3 Å². The summed E-state index contributed by atoms with van der Waals surface area (Å²) in [7, 11) is 2.07. The van der Waals surface area contributed by atoms with E-state index in [0.717, 1.165) is 37.1 Å². The second kappa shape index (κ2) is 6.14. The number of benzene rings is 1. The first-order valence-electron chi connectivity index (χ1n) is 7.45. The predicted octanol–water partition coefficient (Wildman–Crippen LogP) is 2.44. The van der Waals surface area contributed by atoms with Gasteiger partial charge in [0.1, 0.15) is 0 Å². The Morgan fingerprint density at radius 2 is 2.24 bits per heavy atom. The largest absolute Gasteiger partial charge is 0.361 e. The van der Waals surface area contributed by atoms with Crippen LogP contribution in [0.2, 0.25) is 0 Å². The minimum absolute atomic E-state index is 0.0989. The zero-order valence-corrected chi connectivity index (χ0v) is 12.4. The van der Waals surface area contributed by atoms with Gasteiger partial charge in [0.2, 0.25) is 5.91 Å². The van der Waals surface area contributed by atoms with Gasteiger partial charge in [-0.25, -0.2) is 0 Å². The van der Waals surface area contributed by atoms with Crippen molar-refractivity contribution in [3.63, 3.8) is 0 Å². The molecule has 110 valence electrons. The molecule has 2 aromatic rings. The van der Waals surface area contributed by atoms with Crippen LogP contribution in [0.5, 0.6) is 0 Å². The number of aryl methyl sites for hydroxylation is 1. The molecule has 0 bridgehead atoms. The molecular weight excluding hydrogens is 262 g/mol.